The molecule has 0 N–H and O–H groups in total. The van der Waals surface area contributed by atoms with Crippen LogP contribution in [0.5, 0.6) is 0 Å². The molecule has 0 bridgehead atoms. The number of halogens is 2. The standard InChI is InChI=1S/C14H20Cl2N2O2S/c1-14(2)10-18(7-6-17(14)3)21(19,20)13-8-11(9-15)4-5-12(13)16/h4-5,8H,6-7,9-10H2,1-3H3. The minimum atomic E-state index is -3.60. The lowest BCUT2D eigenvalue weighted by molar-refractivity contribution is 0.0801. The molecule has 1 aromatic carbocycles. The van der Waals surface area contributed by atoms with Gasteiger partial charge in [-0.3, -0.25) is 4.90 Å². The summed E-state index contributed by atoms with van der Waals surface area (Å²) in [6.45, 7) is 5.66. The molecule has 0 unspecified atom stereocenters. The van der Waals surface area contributed by atoms with Gasteiger partial charge in [-0.05, 0) is 38.6 Å². The molecule has 0 spiro atoms. The molecule has 4 nitrogen and oxygen atoms in total. The summed E-state index contributed by atoms with van der Waals surface area (Å²) in [4.78, 5) is 2.30. The van der Waals surface area contributed by atoms with Crippen LogP contribution in [0.4, 0.5) is 0 Å². The second-order valence-corrected chi connectivity index (χ2v) is 8.55. The van der Waals surface area contributed by atoms with Crippen LogP contribution in [-0.4, -0.2) is 49.8 Å². The van der Waals surface area contributed by atoms with Gasteiger partial charge in [-0.25, -0.2) is 8.42 Å². The summed E-state index contributed by atoms with van der Waals surface area (Å²) < 4.78 is 27.2. The van der Waals surface area contributed by atoms with Gasteiger partial charge in [0.2, 0.25) is 10.0 Å². The largest absolute Gasteiger partial charge is 0.299 e. The molecule has 21 heavy (non-hydrogen) atoms. The van der Waals surface area contributed by atoms with E-state index in [-0.39, 0.29) is 21.3 Å². The first-order valence-electron chi connectivity index (χ1n) is 6.74. The lowest BCUT2D eigenvalue weighted by Gasteiger charge is -2.44. The molecule has 0 aliphatic carbocycles. The molecule has 0 radical (unpaired) electrons. The third-order valence-electron chi connectivity index (χ3n) is 4.05. The van der Waals surface area contributed by atoms with Crippen LogP contribution in [0.2, 0.25) is 5.02 Å². The number of likely N-dealkylation sites (N-methyl/N-ethyl adjacent to an activating group) is 1. The van der Waals surface area contributed by atoms with E-state index >= 15 is 0 Å². The third-order valence-corrected chi connectivity index (χ3v) is 6.68. The maximum atomic E-state index is 12.9. The van der Waals surface area contributed by atoms with Gasteiger partial charge in [0.1, 0.15) is 4.90 Å². The van der Waals surface area contributed by atoms with Gasteiger partial charge in [0.05, 0.1) is 5.02 Å². The fraction of sp³-hybridized carbons (Fsp3) is 0.571. The average molecular weight is 351 g/mol. The number of nitrogens with zero attached hydrogens (tertiary/aromatic N) is 2. The number of benzene rings is 1. The Hall–Kier alpha value is -0.330. The van der Waals surface area contributed by atoms with Crippen molar-refractivity contribution in [1.29, 1.82) is 0 Å². The van der Waals surface area contributed by atoms with Gasteiger partial charge in [-0.15, -0.1) is 11.6 Å². The minimum Gasteiger partial charge on any atom is -0.299 e. The summed E-state index contributed by atoms with van der Waals surface area (Å²) >= 11 is 11.9. The van der Waals surface area contributed by atoms with Gasteiger partial charge in [-0.2, -0.15) is 4.31 Å². The van der Waals surface area contributed by atoms with Gasteiger partial charge in [0, 0.05) is 31.1 Å². The van der Waals surface area contributed by atoms with Crippen LogP contribution in [-0.2, 0) is 15.9 Å². The van der Waals surface area contributed by atoms with Gasteiger partial charge in [0.25, 0.3) is 0 Å². The highest BCUT2D eigenvalue weighted by molar-refractivity contribution is 7.89. The van der Waals surface area contributed by atoms with Gasteiger partial charge in [0.15, 0.2) is 0 Å². The fourth-order valence-electron chi connectivity index (χ4n) is 2.37. The first kappa shape index (κ1) is 17.0. The molecule has 0 saturated carbocycles. The van der Waals surface area contributed by atoms with Crippen molar-refractivity contribution in [2.45, 2.75) is 30.2 Å². The summed E-state index contributed by atoms with van der Waals surface area (Å²) in [6.07, 6.45) is 0. The summed E-state index contributed by atoms with van der Waals surface area (Å²) in [5.41, 5.74) is 0.537. The van der Waals surface area contributed by atoms with Crippen LogP contribution in [0.15, 0.2) is 23.1 Å². The molecule has 0 atom stereocenters. The predicted molar refractivity (Wildman–Crippen MR) is 86.5 cm³/mol. The van der Waals surface area contributed by atoms with Gasteiger partial charge in [-0.1, -0.05) is 17.7 Å². The third kappa shape index (κ3) is 3.37. The number of hydrogen-bond donors (Lipinski definition) is 0. The Morgan fingerprint density at radius 1 is 1.29 bits per heavy atom. The Bertz CT molecular complexity index is 632. The van der Waals surface area contributed by atoms with Crippen LogP contribution in [0.1, 0.15) is 19.4 Å². The minimum absolute atomic E-state index is 0.141. The monoisotopic (exact) mass is 350 g/mol. The highest BCUT2D eigenvalue weighted by Gasteiger charge is 2.37. The number of piperazine rings is 1. The van der Waals surface area contributed by atoms with Crippen molar-refractivity contribution in [3.8, 4) is 0 Å². The Balaban J connectivity index is 2.39. The maximum absolute atomic E-state index is 12.9. The first-order chi connectivity index (χ1) is 9.68. The lowest BCUT2D eigenvalue weighted by Crippen LogP contribution is -2.58. The van der Waals surface area contributed by atoms with Crippen molar-refractivity contribution in [2.24, 2.45) is 0 Å². The first-order valence-corrected chi connectivity index (χ1v) is 9.09. The Labute approximate surface area is 136 Å². The maximum Gasteiger partial charge on any atom is 0.244 e. The second kappa shape index (κ2) is 6.05. The summed E-state index contributed by atoms with van der Waals surface area (Å²) in [5, 5.41) is 0.237. The number of rotatable bonds is 3. The van der Waals surface area contributed by atoms with Crippen LogP contribution in [0, 0.1) is 0 Å². The molecular formula is C14H20Cl2N2O2S. The SMILES string of the molecule is CN1CCN(S(=O)(=O)c2cc(CCl)ccc2Cl)CC1(C)C. The van der Waals surface area contributed by atoms with E-state index in [1.807, 2.05) is 20.9 Å². The second-order valence-electron chi connectivity index (χ2n) is 5.97. The van der Waals surface area contributed by atoms with E-state index in [1.54, 1.807) is 18.2 Å². The molecule has 1 aliphatic rings. The van der Waals surface area contributed by atoms with Gasteiger partial charge < -0.3 is 0 Å². The molecule has 0 aromatic heterocycles. The zero-order valence-electron chi connectivity index (χ0n) is 12.4. The van der Waals surface area contributed by atoms with Crippen molar-refractivity contribution in [3.05, 3.63) is 28.8 Å². The highest BCUT2D eigenvalue weighted by atomic mass is 35.5. The van der Waals surface area contributed by atoms with Crippen molar-refractivity contribution in [1.82, 2.24) is 9.21 Å². The molecule has 1 heterocycles. The van der Waals surface area contributed by atoms with E-state index in [1.165, 1.54) is 4.31 Å². The van der Waals surface area contributed by atoms with Gasteiger partial charge >= 0.3 is 0 Å². The number of alkyl halides is 1. The number of hydrogen-bond acceptors (Lipinski definition) is 3. The highest BCUT2D eigenvalue weighted by Crippen LogP contribution is 2.29. The average Bonchev–Trinajstić information content (AvgIpc) is 2.42. The number of sulfonamides is 1. The predicted octanol–water partition coefficient (Wildman–Crippen LogP) is 2.79. The molecule has 1 fully saturated rings. The Morgan fingerprint density at radius 2 is 1.95 bits per heavy atom. The topological polar surface area (TPSA) is 40.6 Å². The van der Waals surface area contributed by atoms with Crippen molar-refractivity contribution < 1.29 is 8.42 Å². The summed E-state index contributed by atoms with van der Waals surface area (Å²) in [7, 11) is -1.60. The van der Waals surface area contributed by atoms with E-state index in [4.69, 9.17) is 23.2 Å². The zero-order chi connectivity index (χ0) is 15.8. The quantitative estimate of drug-likeness (QED) is 0.787. The molecule has 1 saturated heterocycles. The molecular weight excluding hydrogens is 331 g/mol. The van der Waals surface area contributed by atoms with E-state index < -0.39 is 10.0 Å². The molecule has 118 valence electrons. The summed E-state index contributed by atoms with van der Waals surface area (Å²) in [5.74, 6) is 0.258. The smallest absolute Gasteiger partial charge is 0.244 e. The molecule has 2 rings (SSSR count). The van der Waals surface area contributed by atoms with E-state index in [0.717, 1.165) is 5.56 Å². The van der Waals surface area contributed by atoms with Crippen molar-refractivity contribution >= 4 is 33.2 Å². The van der Waals surface area contributed by atoms with Crippen LogP contribution >= 0.6 is 23.2 Å². The molecule has 7 heteroatoms. The normalized spacial score (nSPS) is 20.6. The van der Waals surface area contributed by atoms with Crippen LogP contribution in [0.25, 0.3) is 0 Å². The summed E-state index contributed by atoms with van der Waals surface area (Å²) in [6, 6.07) is 4.89. The van der Waals surface area contributed by atoms with Crippen LogP contribution in [0.3, 0.4) is 0 Å². The fourth-order valence-corrected chi connectivity index (χ4v) is 4.65. The van der Waals surface area contributed by atoms with Crippen molar-refractivity contribution in [3.63, 3.8) is 0 Å². The molecule has 1 aromatic rings. The van der Waals surface area contributed by atoms with Crippen LogP contribution < -0.4 is 0 Å². The molecule has 0 amide bonds. The lowest BCUT2D eigenvalue weighted by atomic mass is 10.0. The zero-order valence-corrected chi connectivity index (χ0v) is 14.8. The van der Waals surface area contributed by atoms with E-state index in [2.05, 4.69) is 4.90 Å². The Morgan fingerprint density at radius 3 is 2.52 bits per heavy atom. The van der Waals surface area contributed by atoms with E-state index in [0.29, 0.717) is 19.6 Å². The molecule has 1 aliphatic heterocycles. The van der Waals surface area contributed by atoms with Crippen molar-refractivity contribution in [2.75, 3.05) is 26.7 Å². The van der Waals surface area contributed by atoms with E-state index in [9.17, 15) is 8.42 Å². The Kier molecular flexibility index (Phi) is 4.90.